The summed E-state index contributed by atoms with van der Waals surface area (Å²) in [6, 6.07) is 8.69. The zero-order valence-electron chi connectivity index (χ0n) is 13.8. The molecule has 1 aromatic heterocycles. The molecule has 1 fully saturated rings. The Morgan fingerprint density at radius 1 is 0.955 bits per heavy atom. The van der Waals surface area contributed by atoms with Crippen molar-refractivity contribution in [3.05, 3.63) is 52.4 Å². The van der Waals surface area contributed by atoms with Crippen LogP contribution in [0, 0.1) is 20.8 Å². The van der Waals surface area contributed by atoms with Gasteiger partial charge >= 0.3 is 0 Å². The van der Waals surface area contributed by atoms with E-state index in [2.05, 4.69) is 46.1 Å². The largest absolute Gasteiger partial charge is 0.361 e. The van der Waals surface area contributed by atoms with E-state index < -0.39 is 0 Å². The van der Waals surface area contributed by atoms with Crippen LogP contribution < -0.4 is 0 Å². The van der Waals surface area contributed by atoms with E-state index in [0.29, 0.717) is 0 Å². The van der Waals surface area contributed by atoms with E-state index in [0.717, 1.165) is 50.7 Å². The first-order chi connectivity index (χ1) is 10.6. The van der Waals surface area contributed by atoms with Gasteiger partial charge in [0.15, 0.2) is 0 Å². The molecular formula is C18H25N3O. The highest BCUT2D eigenvalue weighted by Crippen LogP contribution is 2.17. The maximum atomic E-state index is 5.26. The number of hydrogen-bond acceptors (Lipinski definition) is 4. The van der Waals surface area contributed by atoms with Crippen molar-refractivity contribution in [3.63, 3.8) is 0 Å². The number of aromatic nitrogens is 1. The van der Waals surface area contributed by atoms with E-state index >= 15 is 0 Å². The molecule has 2 heterocycles. The molecule has 0 atom stereocenters. The molecule has 0 bridgehead atoms. The number of aryl methyl sites for hydroxylation is 3. The van der Waals surface area contributed by atoms with Crippen LogP contribution in [0.5, 0.6) is 0 Å². The third kappa shape index (κ3) is 3.39. The number of piperazine rings is 1. The molecule has 0 unspecified atom stereocenters. The van der Waals surface area contributed by atoms with Crippen LogP contribution in [0.1, 0.15) is 28.1 Å². The van der Waals surface area contributed by atoms with Crippen molar-refractivity contribution in [1.29, 1.82) is 0 Å². The maximum Gasteiger partial charge on any atom is 0.138 e. The molecule has 1 aliphatic heterocycles. The highest BCUT2D eigenvalue weighted by atomic mass is 16.5. The smallest absolute Gasteiger partial charge is 0.138 e. The second-order valence-electron chi connectivity index (χ2n) is 6.28. The third-order valence-electron chi connectivity index (χ3n) is 4.68. The summed E-state index contributed by atoms with van der Waals surface area (Å²) in [5, 5.41) is 4.05. The minimum atomic E-state index is 0.958. The second kappa shape index (κ2) is 6.63. The molecule has 0 saturated carbocycles. The number of nitrogens with zero attached hydrogens (tertiary/aromatic N) is 3. The topological polar surface area (TPSA) is 32.5 Å². The summed E-state index contributed by atoms with van der Waals surface area (Å²) in [5.74, 6) is 0.958. The molecule has 1 aliphatic rings. The Bertz CT molecular complexity index is 608. The van der Waals surface area contributed by atoms with E-state index in [4.69, 9.17) is 4.52 Å². The maximum absolute atomic E-state index is 5.26. The summed E-state index contributed by atoms with van der Waals surface area (Å²) in [6.07, 6.45) is 0. The first-order valence-electron chi connectivity index (χ1n) is 8.04. The quantitative estimate of drug-likeness (QED) is 0.869. The van der Waals surface area contributed by atoms with Crippen molar-refractivity contribution in [2.24, 2.45) is 0 Å². The van der Waals surface area contributed by atoms with Gasteiger partial charge in [-0.25, -0.2) is 0 Å². The van der Waals surface area contributed by atoms with Crippen molar-refractivity contribution < 1.29 is 4.52 Å². The van der Waals surface area contributed by atoms with Crippen LogP contribution in [0.25, 0.3) is 0 Å². The van der Waals surface area contributed by atoms with Crippen molar-refractivity contribution in [2.45, 2.75) is 33.9 Å². The molecule has 0 N–H and O–H groups in total. The van der Waals surface area contributed by atoms with Crippen molar-refractivity contribution in [1.82, 2.24) is 15.0 Å². The Kier molecular flexibility index (Phi) is 4.60. The number of rotatable bonds is 4. The molecule has 118 valence electrons. The fourth-order valence-electron chi connectivity index (χ4n) is 3.09. The highest BCUT2D eigenvalue weighted by molar-refractivity contribution is 5.25. The zero-order chi connectivity index (χ0) is 15.5. The summed E-state index contributed by atoms with van der Waals surface area (Å²) < 4.78 is 5.26. The average Bonchev–Trinajstić information content (AvgIpc) is 2.83. The van der Waals surface area contributed by atoms with Gasteiger partial charge in [-0.15, -0.1) is 0 Å². The van der Waals surface area contributed by atoms with Crippen LogP contribution in [0.15, 0.2) is 28.8 Å². The highest BCUT2D eigenvalue weighted by Gasteiger charge is 2.20. The predicted molar refractivity (Wildman–Crippen MR) is 87.7 cm³/mol. The Morgan fingerprint density at radius 3 is 2.18 bits per heavy atom. The van der Waals surface area contributed by atoms with Crippen LogP contribution >= 0.6 is 0 Å². The molecule has 0 amide bonds. The van der Waals surface area contributed by atoms with Gasteiger partial charge in [0.25, 0.3) is 0 Å². The molecule has 4 heteroatoms. The van der Waals surface area contributed by atoms with Gasteiger partial charge in [-0.1, -0.05) is 29.4 Å². The average molecular weight is 299 g/mol. The summed E-state index contributed by atoms with van der Waals surface area (Å²) in [6.45, 7) is 12.7. The molecule has 4 nitrogen and oxygen atoms in total. The SMILES string of the molecule is Cc1ccccc1CN1CCN(Cc2c(C)noc2C)CC1. The Labute approximate surface area is 132 Å². The second-order valence-corrected chi connectivity index (χ2v) is 6.28. The van der Waals surface area contributed by atoms with Gasteiger partial charge in [0, 0.05) is 44.8 Å². The van der Waals surface area contributed by atoms with Gasteiger partial charge < -0.3 is 4.52 Å². The summed E-state index contributed by atoms with van der Waals surface area (Å²) in [5.41, 5.74) is 5.12. The lowest BCUT2D eigenvalue weighted by Crippen LogP contribution is -2.45. The van der Waals surface area contributed by atoms with Crippen LogP contribution in [-0.2, 0) is 13.1 Å². The summed E-state index contributed by atoms with van der Waals surface area (Å²) in [4.78, 5) is 5.05. The molecular weight excluding hydrogens is 274 g/mol. The van der Waals surface area contributed by atoms with E-state index in [-0.39, 0.29) is 0 Å². The van der Waals surface area contributed by atoms with Crippen molar-refractivity contribution in [3.8, 4) is 0 Å². The van der Waals surface area contributed by atoms with Crippen LogP contribution in [0.2, 0.25) is 0 Å². The van der Waals surface area contributed by atoms with E-state index in [1.807, 2.05) is 13.8 Å². The monoisotopic (exact) mass is 299 g/mol. The van der Waals surface area contributed by atoms with Gasteiger partial charge in [0.1, 0.15) is 5.76 Å². The van der Waals surface area contributed by atoms with Gasteiger partial charge in [-0.3, -0.25) is 9.80 Å². The number of hydrogen-bond donors (Lipinski definition) is 0. The van der Waals surface area contributed by atoms with Gasteiger partial charge in [0.05, 0.1) is 5.69 Å². The van der Waals surface area contributed by atoms with E-state index in [9.17, 15) is 0 Å². The molecule has 0 aliphatic carbocycles. The normalized spacial score (nSPS) is 17.0. The first kappa shape index (κ1) is 15.3. The Hall–Kier alpha value is -1.65. The van der Waals surface area contributed by atoms with Gasteiger partial charge in [0.2, 0.25) is 0 Å². The fraction of sp³-hybridized carbons (Fsp3) is 0.500. The molecule has 2 aromatic rings. The standard InChI is InChI=1S/C18H25N3O/c1-14-6-4-5-7-17(14)12-20-8-10-21(11-9-20)13-18-15(2)19-22-16(18)3/h4-7H,8-13H2,1-3H3. The molecule has 0 radical (unpaired) electrons. The van der Waals surface area contributed by atoms with Crippen molar-refractivity contribution in [2.75, 3.05) is 26.2 Å². The lowest BCUT2D eigenvalue weighted by atomic mass is 10.1. The molecule has 1 saturated heterocycles. The van der Waals surface area contributed by atoms with Crippen LogP contribution in [0.3, 0.4) is 0 Å². The van der Waals surface area contributed by atoms with Gasteiger partial charge in [-0.05, 0) is 31.9 Å². The minimum Gasteiger partial charge on any atom is -0.361 e. The summed E-state index contributed by atoms with van der Waals surface area (Å²) >= 11 is 0. The molecule has 1 aromatic carbocycles. The molecule has 22 heavy (non-hydrogen) atoms. The third-order valence-corrected chi connectivity index (χ3v) is 4.68. The minimum absolute atomic E-state index is 0.958. The predicted octanol–water partition coefficient (Wildman–Crippen LogP) is 2.92. The fourth-order valence-corrected chi connectivity index (χ4v) is 3.09. The lowest BCUT2D eigenvalue weighted by molar-refractivity contribution is 0.121. The van der Waals surface area contributed by atoms with E-state index in [1.165, 1.54) is 16.7 Å². The lowest BCUT2D eigenvalue weighted by Gasteiger charge is -2.34. The van der Waals surface area contributed by atoms with Crippen molar-refractivity contribution >= 4 is 0 Å². The van der Waals surface area contributed by atoms with Crippen LogP contribution in [-0.4, -0.2) is 41.1 Å². The van der Waals surface area contributed by atoms with Crippen LogP contribution in [0.4, 0.5) is 0 Å². The molecule has 0 spiro atoms. The Balaban J connectivity index is 1.53. The molecule has 3 rings (SSSR count). The Morgan fingerprint density at radius 2 is 1.59 bits per heavy atom. The van der Waals surface area contributed by atoms with Gasteiger partial charge in [-0.2, -0.15) is 0 Å². The number of benzene rings is 1. The first-order valence-corrected chi connectivity index (χ1v) is 8.04. The van der Waals surface area contributed by atoms with E-state index in [1.54, 1.807) is 0 Å². The zero-order valence-corrected chi connectivity index (χ0v) is 13.8. The summed E-state index contributed by atoms with van der Waals surface area (Å²) in [7, 11) is 0.